The summed E-state index contributed by atoms with van der Waals surface area (Å²) in [7, 11) is 6.08. The van der Waals surface area contributed by atoms with Crippen molar-refractivity contribution < 1.29 is 4.79 Å². The molecule has 2 rings (SSSR count). The summed E-state index contributed by atoms with van der Waals surface area (Å²) in [5.74, 6) is 1.23. The summed E-state index contributed by atoms with van der Waals surface area (Å²) < 4.78 is 0. The zero-order chi connectivity index (χ0) is 20.9. The summed E-state index contributed by atoms with van der Waals surface area (Å²) in [4.78, 5) is 17.5. The van der Waals surface area contributed by atoms with E-state index in [4.69, 9.17) is 0 Å². The molecule has 1 heterocycles. The summed E-state index contributed by atoms with van der Waals surface area (Å²) in [6, 6.07) is 0. The van der Waals surface area contributed by atoms with Crippen LogP contribution < -0.4 is 5.32 Å². The molecule has 2 atom stereocenters. The molecule has 0 radical (unpaired) electrons. The number of carbonyl (C=O) groups is 1. The second-order valence-corrected chi connectivity index (χ2v) is 9.78. The van der Waals surface area contributed by atoms with Crippen LogP contribution in [0.4, 0.5) is 0 Å². The van der Waals surface area contributed by atoms with E-state index >= 15 is 0 Å². The summed E-state index contributed by atoms with van der Waals surface area (Å²) in [6.07, 6.45) is 5.05. The van der Waals surface area contributed by atoms with Crippen LogP contribution in [0.1, 0.15) is 64.1 Å². The largest absolute Gasteiger partial charge is 0.345 e. The highest BCUT2D eigenvalue weighted by atomic mass is 16.2. The number of H-pyrrole nitrogens is 1. The average molecular weight is 392 g/mol. The van der Waals surface area contributed by atoms with Crippen LogP contribution in [0.15, 0.2) is 6.20 Å². The van der Waals surface area contributed by atoms with Gasteiger partial charge in [0.05, 0.1) is 6.20 Å². The lowest BCUT2D eigenvalue weighted by atomic mass is 9.64. The molecule has 0 spiro atoms. The minimum absolute atomic E-state index is 0.0442. The van der Waals surface area contributed by atoms with Crippen molar-refractivity contribution in [3.8, 4) is 0 Å². The SMILES string of the molecule is CNCCN(C)Cc1cn[nH]c1C1CCC(C)(C)C(C(=O)N(C)CC(C)C)C1. The van der Waals surface area contributed by atoms with Gasteiger partial charge in [-0.2, -0.15) is 5.10 Å². The first-order valence-electron chi connectivity index (χ1n) is 10.8. The van der Waals surface area contributed by atoms with E-state index in [0.717, 1.165) is 45.4 Å². The molecule has 0 aromatic carbocycles. The monoisotopic (exact) mass is 391 g/mol. The third kappa shape index (κ3) is 5.80. The molecule has 0 bridgehead atoms. The van der Waals surface area contributed by atoms with Crippen LogP contribution in [-0.2, 0) is 11.3 Å². The fraction of sp³-hybridized carbons (Fsp3) is 0.818. The molecular weight excluding hydrogens is 350 g/mol. The quantitative estimate of drug-likeness (QED) is 0.679. The zero-order valence-electron chi connectivity index (χ0n) is 19.0. The molecule has 1 amide bonds. The summed E-state index contributed by atoms with van der Waals surface area (Å²) in [5.41, 5.74) is 2.55. The van der Waals surface area contributed by atoms with Crippen molar-refractivity contribution in [1.82, 2.24) is 25.3 Å². The van der Waals surface area contributed by atoms with Crippen LogP contribution in [0.3, 0.4) is 0 Å². The van der Waals surface area contributed by atoms with Crippen molar-refractivity contribution in [2.45, 2.75) is 59.4 Å². The molecule has 28 heavy (non-hydrogen) atoms. The summed E-state index contributed by atoms with van der Waals surface area (Å²) >= 11 is 0. The van der Waals surface area contributed by atoms with Gasteiger partial charge in [0.2, 0.25) is 5.91 Å². The van der Waals surface area contributed by atoms with Gasteiger partial charge in [-0.3, -0.25) is 9.89 Å². The van der Waals surface area contributed by atoms with Crippen LogP contribution in [0.2, 0.25) is 0 Å². The maximum atomic E-state index is 13.2. The smallest absolute Gasteiger partial charge is 0.225 e. The molecule has 160 valence electrons. The Hall–Kier alpha value is -1.40. The number of aromatic nitrogens is 2. The van der Waals surface area contributed by atoms with E-state index in [1.54, 1.807) is 0 Å². The number of rotatable bonds is 9. The Morgan fingerprint density at radius 2 is 2.11 bits per heavy atom. The van der Waals surface area contributed by atoms with E-state index < -0.39 is 0 Å². The van der Waals surface area contributed by atoms with Crippen molar-refractivity contribution in [2.75, 3.05) is 40.8 Å². The molecule has 1 saturated carbocycles. The number of nitrogens with zero attached hydrogens (tertiary/aromatic N) is 3. The molecule has 2 unspecified atom stereocenters. The van der Waals surface area contributed by atoms with Gasteiger partial charge >= 0.3 is 0 Å². The molecule has 1 aliphatic rings. The van der Waals surface area contributed by atoms with E-state index in [0.29, 0.717) is 17.7 Å². The molecular formula is C22H41N5O. The van der Waals surface area contributed by atoms with Gasteiger partial charge in [0, 0.05) is 56.3 Å². The van der Waals surface area contributed by atoms with E-state index in [1.165, 1.54) is 11.3 Å². The Bertz CT molecular complexity index is 624. The third-order valence-corrected chi connectivity index (χ3v) is 6.26. The normalized spacial score (nSPS) is 22.0. The van der Waals surface area contributed by atoms with Crippen molar-refractivity contribution in [3.63, 3.8) is 0 Å². The molecule has 1 aliphatic carbocycles. The topological polar surface area (TPSA) is 64.3 Å². The van der Waals surface area contributed by atoms with Gasteiger partial charge in [-0.25, -0.2) is 0 Å². The zero-order valence-corrected chi connectivity index (χ0v) is 19.0. The molecule has 0 saturated heterocycles. The highest BCUT2D eigenvalue weighted by Gasteiger charge is 2.43. The van der Waals surface area contributed by atoms with Gasteiger partial charge < -0.3 is 15.1 Å². The molecule has 0 aliphatic heterocycles. The number of nitrogens with one attached hydrogen (secondary N) is 2. The van der Waals surface area contributed by atoms with E-state index in [1.807, 2.05) is 25.2 Å². The van der Waals surface area contributed by atoms with Crippen molar-refractivity contribution in [1.29, 1.82) is 0 Å². The predicted octanol–water partition coefficient (Wildman–Crippen LogP) is 3.09. The van der Waals surface area contributed by atoms with Crippen LogP contribution >= 0.6 is 0 Å². The Morgan fingerprint density at radius 3 is 2.75 bits per heavy atom. The van der Waals surface area contributed by atoms with Crippen LogP contribution in [-0.4, -0.2) is 66.7 Å². The first kappa shape index (κ1) is 22.9. The van der Waals surface area contributed by atoms with Gasteiger partial charge in [0.25, 0.3) is 0 Å². The fourth-order valence-corrected chi connectivity index (χ4v) is 4.52. The lowest BCUT2D eigenvalue weighted by Gasteiger charge is -2.43. The van der Waals surface area contributed by atoms with Gasteiger partial charge in [0.15, 0.2) is 0 Å². The minimum Gasteiger partial charge on any atom is -0.345 e. The lowest BCUT2D eigenvalue weighted by Crippen LogP contribution is -2.44. The Morgan fingerprint density at radius 1 is 1.39 bits per heavy atom. The van der Waals surface area contributed by atoms with Crippen molar-refractivity contribution in [2.24, 2.45) is 17.3 Å². The number of aromatic amines is 1. The maximum absolute atomic E-state index is 13.2. The Labute approximate surface area is 171 Å². The number of hydrogen-bond donors (Lipinski definition) is 2. The molecule has 1 aromatic rings. The number of likely N-dealkylation sites (N-methyl/N-ethyl adjacent to an activating group) is 2. The maximum Gasteiger partial charge on any atom is 0.225 e. The van der Waals surface area contributed by atoms with Crippen LogP contribution in [0.25, 0.3) is 0 Å². The molecule has 6 nitrogen and oxygen atoms in total. The summed E-state index contributed by atoms with van der Waals surface area (Å²) in [6.45, 7) is 12.5. The first-order chi connectivity index (χ1) is 13.2. The minimum atomic E-state index is 0.0442. The third-order valence-electron chi connectivity index (χ3n) is 6.26. The first-order valence-corrected chi connectivity index (χ1v) is 10.8. The number of hydrogen-bond acceptors (Lipinski definition) is 4. The van der Waals surface area contributed by atoms with Gasteiger partial charge in [-0.15, -0.1) is 0 Å². The Kier molecular flexibility index (Phi) is 8.07. The van der Waals surface area contributed by atoms with Crippen LogP contribution in [0, 0.1) is 17.3 Å². The van der Waals surface area contributed by atoms with E-state index in [9.17, 15) is 4.79 Å². The van der Waals surface area contributed by atoms with Gasteiger partial charge in [-0.05, 0) is 44.7 Å². The Balaban J connectivity index is 2.12. The van der Waals surface area contributed by atoms with Gasteiger partial charge in [-0.1, -0.05) is 27.7 Å². The van der Waals surface area contributed by atoms with E-state index in [2.05, 4.69) is 55.2 Å². The molecule has 6 heteroatoms. The summed E-state index contributed by atoms with van der Waals surface area (Å²) in [5, 5.41) is 10.8. The van der Waals surface area contributed by atoms with E-state index in [-0.39, 0.29) is 11.3 Å². The molecule has 2 N–H and O–H groups in total. The second-order valence-electron chi connectivity index (χ2n) is 9.78. The fourth-order valence-electron chi connectivity index (χ4n) is 4.52. The second kappa shape index (κ2) is 9.88. The van der Waals surface area contributed by atoms with Crippen molar-refractivity contribution >= 4 is 5.91 Å². The van der Waals surface area contributed by atoms with Crippen LogP contribution in [0.5, 0.6) is 0 Å². The highest BCUT2D eigenvalue weighted by molar-refractivity contribution is 5.79. The van der Waals surface area contributed by atoms with Gasteiger partial charge in [0.1, 0.15) is 0 Å². The molecule has 1 aromatic heterocycles. The van der Waals surface area contributed by atoms with Crippen molar-refractivity contribution in [3.05, 3.63) is 17.5 Å². The standard InChI is InChI=1S/C22H41N5O/c1-16(2)14-27(7)21(28)19-12-17(8-9-22(19,3)4)20-18(13-24-25-20)15-26(6)11-10-23-5/h13,16-17,19,23H,8-12,14-15H2,1-7H3,(H,24,25). The number of carbonyl (C=O) groups excluding carboxylic acids is 1. The molecule has 1 fully saturated rings. The highest BCUT2D eigenvalue weighted by Crippen LogP contribution is 2.47. The number of amides is 1. The average Bonchev–Trinajstić information content (AvgIpc) is 3.06. The predicted molar refractivity (Wildman–Crippen MR) is 115 cm³/mol. The lowest BCUT2D eigenvalue weighted by molar-refractivity contribution is -0.140.